The summed E-state index contributed by atoms with van der Waals surface area (Å²) in [7, 11) is 0. The Kier molecular flexibility index (Phi) is 8.97. The Bertz CT molecular complexity index is 376. The molecule has 0 heterocycles. The third-order valence-corrected chi connectivity index (χ3v) is 4.17. The molecule has 0 amide bonds. The normalized spacial score (nSPS) is 12.6. The van der Waals surface area contributed by atoms with Gasteiger partial charge in [0, 0.05) is 5.02 Å². The summed E-state index contributed by atoms with van der Waals surface area (Å²) in [5, 5.41) is 10.9. The first-order valence-electron chi connectivity index (χ1n) is 8.09. The van der Waals surface area contributed by atoms with Crippen molar-refractivity contribution in [3.8, 4) is 0 Å². The monoisotopic (exact) mass is 296 g/mol. The maximum Gasteiger partial charge on any atom is 0.0804 e. The third kappa shape index (κ3) is 6.76. The fraction of sp³-hybridized carbons (Fsp3) is 0.667. The molecule has 0 bridgehead atoms. The first kappa shape index (κ1) is 17.5. The zero-order valence-corrected chi connectivity index (χ0v) is 13.8. The van der Waals surface area contributed by atoms with E-state index in [0.29, 0.717) is 5.02 Å². The van der Waals surface area contributed by atoms with Crippen LogP contribution in [0.15, 0.2) is 18.2 Å². The summed E-state index contributed by atoms with van der Waals surface area (Å²) in [6.07, 6.45) is 10.7. The molecule has 114 valence electrons. The molecule has 1 nitrogen and oxygen atoms in total. The second-order valence-corrected chi connectivity index (χ2v) is 6.21. The molecule has 1 rings (SSSR count). The number of benzene rings is 1. The van der Waals surface area contributed by atoms with Crippen molar-refractivity contribution in [3.63, 3.8) is 0 Å². The molecule has 1 atom stereocenters. The van der Waals surface area contributed by atoms with E-state index in [-0.39, 0.29) is 0 Å². The molecule has 0 aliphatic carbocycles. The van der Waals surface area contributed by atoms with Gasteiger partial charge in [-0.3, -0.25) is 0 Å². The van der Waals surface area contributed by atoms with Gasteiger partial charge in [-0.2, -0.15) is 0 Å². The van der Waals surface area contributed by atoms with Gasteiger partial charge in [-0.1, -0.05) is 82.0 Å². The van der Waals surface area contributed by atoms with Crippen LogP contribution in [0.5, 0.6) is 0 Å². The summed E-state index contributed by atoms with van der Waals surface area (Å²) in [6, 6.07) is 5.89. The molecular formula is C18H29ClO. The molecule has 1 unspecified atom stereocenters. The van der Waals surface area contributed by atoms with E-state index in [1.807, 2.05) is 25.1 Å². The Hall–Kier alpha value is -0.530. The average molecular weight is 297 g/mol. The minimum atomic E-state index is -0.414. The molecule has 0 fully saturated rings. The standard InChI is InChI=1S/C18H29ClO/c1-3-4-5-6-7-8-9-10-11-18(20)16-13-12-15(2)14-17(16)19/h12-14,18,20H,3-11H2,1-2H3. The van der Waals surface area contributed by atoms with Crippen LogP contribution in [0.2, 0.25) is 5.02 Å². The largest absolute Gasteiger partial charge is 0.388 e. The van der Waals surface area contributed by atoms with Crippen molar-refractivity contribution in [2.24, 2.45) is 0 Å². The zero-order valence-electron chi connectivity index (χ0n) is 13.0. The minimum absolute atomic E-state index is 0.414. The summed E-state index contributed by atoms with van der Waals surface area (Å²) in [4.78, 5) is 0. The summed E-state index contributed by atoms with van der Waals surface area (Å²) in [5.74, 6) is 0. The minimum Gasteiger partial charge on any atom is -0.388 e. The second kappa shape index (κ2) is 10.2. The van der Waals surface area contributed by atoms with E-state index in [1.165, 1.54) is 44.9 Å². The maximum absolute atomic E-state index is 10.2. The van der Waals surface area contributed by atoms with Crippen LogP contribution in [-0.4, -0.2) is 5.11 Å². The molecule has 20 heavy (non-hydrogen) atoms. The van der Waals surface area contributed by atoms with E-state index in [9.17, 15) is 5.11 Å². The highest BCUT2D eigenvalue weighted by Crippen LogP contribution is 2.27. The van der Waals surface area contributed by atoms with Gasteiger partial charge < -0.3 is 5.11 Å². The summed E-state index contributed by atoms with van der Waals surface area (Å²) >= 11 is 6.18. The number of hydrogen-bond donors (Lipinski definition) is 1. The predicted octanol–water partition coefficient (Wildman–Crippen LogP) is 6.21. The van der Waals surface area contributed by atoms with E-state index in [0.717, 1.165) is 24.0 Å². The molecule has 1 aromatic carbocycles. The van der Waals surface area contributed by atoms with Crippen molar-refractivity contribution < 1.29 is 5.11 Å². The molecule has 0 radical (unpaired) electrons. The van der Waals surface area contributed by atoms with E-state index < -0.39 is 6.10 Å². The van der Waals surface area contributed by atoms with Crippen LogP contribution in [-0.2, 0) is 0 Å². The molecule has 2 heteroatoms. The molecule has 0 aromatic heterocycles. The van der Waals surface area contributed by atoms with E-state index >= 15 is 0 Å². The van der Waals surface area contributed by atoms with Gasteiger partial charge in [0.05, 0.1) is 6.10 Å². The topological polar surface area (TPSA) is 20.2 Å². The number of rotatable bonds is 10. The summed E-state index contributed by atoms with van der Waals surface area (Å²) < 4.78 is 0. The summed E-state index contributed by atoms with van der Waals surface area (Å²) in [5.41, 5.74) is 2.01. The van der Waals surface area contributed by atoms with Gasteiger partial charge in [0.25, 0.3) is 0 Å². The number of halogens is 1. The Morgan fingerprint density at radius 3 is 2.20 bits per heavy atom. The molecule has 0 saturated heterocycles. The first-order valence-corrected chi connectivity index (χ1v) is 8.47. The van der Waals surface area contributed by atoms with Crippen LogP contribution in [0, 0.1) is 6.92 Å². The molecule has 1 N–H and O–H groups in total. The number of aliphatic hydroxyl groups excluding tert-OH is 1. The second-order valence-electron chi connectivity index (χ2n) is 5.80. The predicted molar refractivity (Wildman–Crippen MR) is 88.4 cm³/mol. The molecule has 0 aliphatic heterocycles. The third-order valence-electron chi connectivity index (χ3n) is 3.85. The molecular weight excluding hydrogens is 268 g/mol. The Morgan fingerprint density at radius 1 is 1.00 bits per heavy atom. The Balaban J connectivity index is 2.15. The highest BCUT2D eigenvalue weighted by molar-refractivity contribution is 6.31. The maximum atomic E-state index is 10.2. The van der Waals surface area contributed by atoms with Gasteiger partial charge >= 0.3 is 0 Å². The Labute approximate surface area is 129 Å². The van der Waals surface area contributed by atoms with Crippen molar-refractivity contribution in [1.82, 2.24) is 0 Å². The first-order chi connectivity index (χ1) is 9.65. The van der Waals surface area contributed by atoms with Gasteiger partial charge in [-0.15, -0.1) is 0 Å². The lowest BCUT2D eigenvalue weighted by Gasteiger charge is -2.13. The number of aliphatic hydroxyl groups is 1. The molecule has 1 aromatic rings. The highest BCUT2D eigenvalue weighted by atomic mass is 35.5. The lowest BCUT2D eigenvalue weighted by molar-refractivity contribution is 0.163. The molecule has 0 aliphatic rings. The van der Waals surface area contributed by atoms with Gasteiger partial charge in [-0.05, 0) is 30.5 Å². The Morgan fingerprint density at radius 2 is 1.60 bits per heavy atom. The van der Waals surface area contributed by atoms with Crippen LogP contribution >= 0.6 is 11.6 Å². The van der Waals surface area contributed by atoms with Crippen LogP contribution < -0.4 is 0 Å². The van der Waals surface area contributed by atoms with Crippen LogP contribution in [0.4, 0.5) is 0 Å². The van der Waals surface area contributed by atoms with E-state index in [2.05, 4.69) is 6.92 Å². The van der Waals surface area contributed by atoms with Crippen molar-refractivity contribution in [2.75, 3.05) is 0 Å². The molecule has 0 spiro atoms. The van der Waals surface area contributed by atoms with Gasteiger partial charge in [-0.25, -0.2) is 0 Å². The smallest absolute Gasteiger partial charge is 0.0804 e. The van der Waals surface area contributed by atoms with Gasteiger partial charge in [0.1, 0.15) is 0 Å². The van der Waals surface area contributed by atoms with Crippen molar-refractivity contribution in [1.29, 1.82) is 0 Å². The van der Waals surface area contributed by atoms with Crippen molar-refractivity contribution in [3.05, 3.63) is 34.3 Å². The number of aryl methyl sites for hydroxylation is 1. The molecule has 0 saturated carbocycles. The highest BCUT2D eigenvalue weighted by Gasteiger charge is 2.11. The van der Waals surface area contributed by atoms with Crippen molar-refractivity contribution in [2.45, 2.75) is 77.7 Å². The van der Waals surface area contributed by atoms with Crippen LogP contribution in [0.1, 0.15) is 81.9 Å². The van der Waals surface area contributed by atoms with Gasteiger partial charge in [0.2, 0.25) is 0 Å². The van der Waals surface area contributed by atoms with E-state index in [4.69, 9.17) is 11.6 Å². The van der Waals surface area contributed by atoms with Crippen LogP contribution in [0.3, 0.4) is 0 Å². The van der Waals surface area contributed by atoms with E-state index in [1.54, 1.807) is 0 Å². The lowest BCUT2D eigenvalue weighted by Crippen LogP contribution is -1.98. The summed E-state index contributed by atoms with van der Waals surface area (Å²) in [6.45, 7) is 4.26. The van der Waals surface area contributed by atoms with Crippen LogP contribution in [0.25, 0.3) is 0 Å². The SMILES string of the molecule is CCCCCCCCCCC(O)c1ccc(C)cc1Cl. The average Bonchev–Trinajstić information content (AvgIpc) is 2.41. The van der Waals surface area contributed by atoms with Crippen molar-refractivity contribution >= 4 is 11.6 Å². The fourth-order valence-corrected chi connectivity index (χ4v) is 2.89. The fourth-order valence-electron chi connectivity index (χ4n) is 2.53. The van der Waals surface area contributed by atoms with Gasteiger partial charge in [0.15, 0.2) is 0 Å². The number of unbranched alkanes of at least 4 members (excludes halogenated alkanes) is 7. The zero-order chi connectivity index (χ0) is 14.8. The lowest BCUT2D eigenvalue weighted by atomic mass is 10.0. The number of hydrogen-bond acceptors (Lipinski definition) is 1. The quantitative estimate of drug-likeness (QED) is 0.509.